The second-order valence-corrected chi connectivity index (χ2v) is 12.0. The summed E-state index contributed by atoms with van der Waals surface area (Å²) in [6.45, 7) is 10.3. The molecule has 4 aliphatic rings. The molecular weight excluding hydrogens is 548 g/mol. The Morgan fingerprint density at radius 1 is 0.854 bits per heavy atom. The van der Waals surface area contributed by atoms with Crippen LogP contribution < -0.4 is 10.6 Å². The van der Waals surface area contributed by atoms with Crippen molar-refractivity contribution in [1.82, 2.24) is 10.6 Å². The molecule has 41 heavy (non-hydrogen) atoms. The molecule has 4 fully saturated rings. The monoisotopic (exact) mass is 590 g/mol. The van der Waals surface area contributed by atoms with Crippen LogP contribution in [0.3, 0.4) is 0 Å². The third-order valence-electron chi connectivity index (χ3n) is 7.09. The summed E-state index contributed by atoms with van der Waals surface area (Å²) in [6, 6.07) is -1.97. The van der Waals surface area contributed by atoms with Crippen molar-refractivity contribution < 1.29 is 62.1 Å². The van der Waals surface area contributed by atoms with Gasteiger partial charge in [0.15, 0.2) is 24.7 Å². The lowest BCUT2D eigenvalue weighted by Gasteiger charge is -2.32. The number of carboxylic acids is 1. The fraction of sp³-hybridized carbons (Fsp3) is 0.885. The molecule has 0 aromatic rings. The number of fused-ring (bicyclic) bond motifs is 2. The van der Waals surface area contributed by atoms with Gasteiger partial charge >= 0.3 is 12.1 Å². The number of methoxy groups -OCH3 is 2. The fourth-order valence-electron chi connectivity index (χ4n) is 5.64. The summed E-state index contributed by atoms with van der Waals surface area (Å²) in [7, 11) is 2.91. The van der Waals surface area contributed by atoms with Crippen LogP contribution in [0.2, 0.25) is 0 Å². The molecule has 0 aromatic carbocycles. The van der Waals surface area contributed by atoms with Gasteiger partial charge in [0.05, 0.1) is 18.5 Å². The molecule has 0 spiro atoms. The molecule has 0 saturated carbocycles. The SMILES string of the molecule is CO[C@@H]1[C@H]2OC(C)(C)O[C@H]2O[C@@H]1C(CC(=O)NC(CC(=O)O)[C@@H]1O[C@@H]2OC(C)O[C@@H]2[C@H]1OC)NC(=O)OC(C)(C)C. The first kappa shape index (κ1) is 31.8. The Morgan fingerprint density at radius 2 is 1.44 bits per heavy atom. The normalized spacial score (nSPS) is 37.2. The first-order valence-corrected chi connectivity index (χ1v) is 13.6. The Balaban J connectivity index is 1.51. The highest BCUT2D eigenvalue weighted by atomic mass is 16.8. The smallest absolute Gasteiger partial charge is 0.407 e. The Morgan fingerprint density at radius 3 is 2.02 bits per heavy atom. The zero-order valence-electron chi connectivity index (χ0n) is 24.6. The number of amides is 2. The number of rotatable bonds is 10. The van der Waals surface area contributed by atoms with Gasteiger partial charge in [0.1, 0.15) is 42.2 Å². The first-order valence-electron chi connectivity index (χ1n) is 13.6. The van der Waals surface area contributed by atoms with Crippen LogP contribution in [0.15, 0.2) is 0 Å². The minimum Gasteiger partial charge on any atom is -0.481 e. The van der Waals surface area contributed by atoms with Crippen LogP contribution >= 0.6 is 0 Å². The number of hydrogen-bond acceptors (Lipinski definition) is 12. The quantitative estimate of drug-likeness (QED) is 0.323. The molecular formula is C26H42N2O13. The summed E-state index contributed by atoms with van der Waals surface area (Å²) in [4.78, 5) is 38.0. The van der Waals surface area contributed by atoms with Crippen LogP contribution in [-0.2, 0) is 52.2 Å². The molecule has 0 bridgehead atoms. The summed E-state index contributed by atoms with van der Waals surface area (Å²) in [6.07, 6.45) is -7.96. The molecule has 234 valence electrons. The number of carboxylic acid groups (broad SMARTS) is 1. The molecule has 0 radical (unpaired) electrons. The van der Waals surface area contributed by atoms with Gasteiger partial charge in [-0.3, -0.25) is 9.59 Å². The molecule has 4 saturated heterocycles. The number of ether oxygens (including phenoxy) is 9. The van der Waals surface area contributed by atoms with Crippen LogP contribution in [0.1, 0.15) is 54.4 Å². The van der Waals surface area contributed by atoms with E-state index in [-0.39, 0.29) is 6.42 Å². The van der Waals surface area contributed by atoms with Crippen molar-refractivity contribution in [3.63, 3.8) is 0 Å². The van der Waals surface area contributed by atoms with E-state index in [4.69, 9.17) is 42.6 Å². The lowest BCUT2D eigenvalue weighted by atomic mass is 9.98. The fourth-order valence-corrected chi connectivity index (χ4v) is 5.64. The molecule has 0 aromatic heterocycles. The first-order chi connectivity index (χ1) is 19.1. The van der Waals surface area contributed by atoms with Gasteiger partial charge in [-0.05, 0) is 41.5 Å². The van der Waals surface area contributed by atoms with Gasteiger partial charge in [0.25, 0.3) is 0 Å². The van der Waals surface area contributed by atoms with Crippen molar-refractivity contribution in [3.05, 3.63) is 0 Å². The van der Waals surface area contributed by atoms with Gasteiger partial charge in [-0.1, -0.05) is 0 Å². The van der Waals surface area contributed by atoms with E-state index in [9.17, 15) is 19.5 Å². The standard InChI is InChI=1S/C26H42N2O13/c1-11-35-20-18(33-7)17(37-22(20)36-11)13(10-15(30)31)27-14(29)9-12(28-24(32)41-25(2,3)4)16-19(34-8)21-23(38-16)40-26(5,6)39-21/h11-13,16-23H,9-10H2,1-8H3,(H,27,29)(H,28,32)(H,30,31)/t11?,12?,13?,16-,17+,18+,19+,20-,21-,22+,23-/m1/s1. The molecule has 15 heteroatoms. The maximum Gasteiger partial charge on any atom is 0.407 e. The molecule has 2 amide bonds. The van der Waals surface area contributed by atoms with Crippen LogP contribution in [-0.4, -0.2) is 116 Å². The second kappa shape index (κ2) is 12.2. The molecule has 4 rings (SSSR count). The lowest BCUT2D eigenvalue weighted by molar-refractivity contribution is -0.220. The van der Waals surface area contributed by atoms with Crippen molar-refractivity contribution in [1.29, 1.82) is 0 Å². The second-order valence-electron chi connectivity index (χ2n) is 12.0. The number of alkyl carbamates (subject to hydrolysis) is 1. The van der Waals surface area contributed by atoms with Gasteiger partial charge in [-0.25, -0.2) is 4.79 Å². The van der Waals surface area contributed by atoms with Crippen LogP contribution in [0.25, 0.3) is 0 Å². The van der Waals surface area contributed by atoms with E-state index in [0.717, 1.165) is 0 Å². The van der Waals surface area contributed by atoms with Crippen molar-refractivity contribution in [2.75, 3.05) is 14.2 Å². The largest absolute Gasteiger partial charge is 0.481 e. The predicted octanol–water partition coefficient (Wildman–Crippen LogP) is 0.622. The van der Waals surface area contributed by atoms with Gasteiger partial charge in [0.2, 0.25) is 5.91 Å². The third kappa shape index (κ3) is 7.46. The number of carbonyl (C=O) groups excluding carboxylic acids is 2. The lowest BCUT2D eigenvalue weighted by Crippen LogP contribution is -2.55. The van der Waals surface area contributed by atoms with Crippen LogP contribution in [0.5, 0.6) is 0 Å². The van der Waals surface area contributed by atoms with Crippen LogP contribution in [0, 0.1) is 0 Å². The van der Waals surface area contributed by atoms with Crippen molar-refractivity contribution >= 4 is 18.0 Å². The van der Waals surface area contributed by atoms with Crippen LogP contribution in [0.4, 0.5) is 4.79 Å². The van der Waals surface area contributed by atoms with Crippen molar-refractivity contribution in [2.45, 2.75) is 133 Å². The average Bonchev–Trinajstić information content (AvgIpc) is 3.52. The van der Waals surface area contributed by atoms with Gasteiger partial charge in [0, 0.05) is 20.6 Å². The van der Waals surface area contributed by atoms with Gasteiger partial charge < -0.3 is 58.4 Å². The molecule has 11 atom stereocenters. The van der Waals surface area contributed by atoms with E-state index < -0.39 is 103 Å². The minimum absolute atomic E-state index is 0.315. The van der Waals surface area contributed by atoms with E-state index in [0.29, 0.717) is 0 Å². The Labute approximate surface area is 238 Å². The third-order valence-corrected chi connectivity index (χ3v) is 7.09. The number of hydrogen-bond donors (Lipinski definition) is 3. The maximum atomic E-state index is 13.4. The average molecular weight is 591 g/mol. The Hall–Kier alpha value is -2.11. The zero-order chi connectivity index (χ0) is 30.3. The van der Waals surface area contributed by atoms with Gasteiger partial charge in [-0.2, -0.15) is 0 Å². The zero-order valence-corrected chi connectivity index (χ0v) is 24.6. The summed E-state index contributed by atoms with van der Waals surface area (Å²) in [5.74, 6) is -2.65. The van der Waals surface area contributed by atoms with E-state index >= 15 is 0 Å². The number of aliphatic carboxylic acids is 1. The van der Waals surface area contributed by atoms with E-state index in [2.05, 4.69) is 10.6 Å². The topological polar surface area (TPSA) is 179 Å². The van der Waals surface area contributed by atoms with Crippen molar-refractivity contribution in [2.24, 2.45) is 0 Å². The summed E-state index contributed by atoms with van der Waals surface area (Å²) >= 11 is 0. The molecule has 15 nitrogen and oxygen atoms in total. The van der Waals surface area contributed by atoms with E-state index in [1.807, 2.05) is 0 Å². The molecule has 4 heterocycles. The van der Waals surface area contributed by atoms with Gasteiger partial charge in [-0.15, -0.1) is 0 Å². The molecule has 4 aliphatic heterocycles. The van der Waals surface area contributed by atoms with Crippen molar-refractivity contribution in [3.8, 4) is 0 Å². The molecule has 3 N–H and O–H groups in total. The summed E-state index contributed by atoms with van der Waals surface area (Å²) in [5, 5.41) is 15.0. The summed E-state index contributed by atoms with van der Waals surface area (Å²) < 4.78 is 51.8. The Bertz CT molecular complexity index is 972. The number of nitrogens with one attached hydrogen (secondary N) is 2. The predicted molar refractivity (Wildman–Crippen MR) is 136 cm³/mol. The highest BCUT2D eigenvalue weighted by molar-refractivity contribution is 5.79. The highest BCUT2D eigenvalue weighted by Gasteiger charge is 2.58. The van der Waals surface area contributed by atoms with E-state index in [1.165, 1.54) is 14.2 Å². The Kier molecular flexibility index (Phi) is 9.50. The maximum absolute atomic E-state index is 13.4. The molecule has 3 unspecified atom stereocenters. The van der Waals surface area contributed by atoms with E-state index in [1.54, 1.807) is 41.5 Å². The number of carbonyl (C=O) groups is 3. The highest BCUT2D eigenvalue weighted by Crippen LogP contribution is 2.40. The molecule has 0 aliphatic carbocycles. The summed E-state index contributed by atoms with van der Waals surface area (Å²) in [5.41, 5.74) is -0.803. The minimum atomic E-state index is -1.16.